The molecule has 0 unspecified atom stereocenters. The van der Waals surface area contributed by atoms with E-state index in [0.717, 1.165) is 24.7 Å². The fourth-order valence-electron chi connectivity index (χ4n) is 1.26. The lowest BCUT2D eigenvalue weighted by molar-refractivity contribution is 0.633. The molecule has 4 heteroatoms. The Kier molecular flexibility index (Phi) is 1.38. The molecule has 58 valence electrons. The van der Waals surface area contributed by atoms with Crippen molar-refractivity contribution in [2.24, 2.45) is 4.99 Å². The first-order valence-corrected chi connectivity index (χ1v) is 3.64. The summed E-state index contributed by atoms with van der Waals surface area (Å²) in [5.41, 5.74) is 0. The molecule has 1 aromatic rings. The van der Waals surface area contributed by atoms with Crippen LogP contribution < -0.4 is 5.32 Å². The first-order chi connectivity index (χ1) is 5.42. The molecule has 0 amide bonds. The summed E-state index contributed by atoms with van der Waals surface area (Å²) in [6, 6.07) is 0. The van der Waals surface area contributed by atoms with Crippen LogP contribution in [0, 0.1) is 0 Å². The van der Waals surface area contributed by atoms with Crippen molar-refractivity contribution >= 4 is 5.84 Å². The molecule has 0 aromatic carbocycles. The van der Waals surface area contributed by atoms with Crippen LogP contribution in [-0.4, -0.2) is 29.0 Å². The highest BCUT2D eigenvalue weighted by Crippen LogP contribution is 2.01. The molecule has 0 atom stereocenters. The zero-order valence-electron chi connectivity index (χ0n) is 6.41. The van der Waals surface area contributed by atoms with Gasteiger partial charge in [0.1, 0.15) is 0 Å². The van der Waals surface area contributed by atoms with E-state index in [1.165, 1.54) is 0 Å². The van der Waals surface area contributed by atoms with Crippen molar-refractivity contribution in [1.29, 1.82) is 0 Å². The number of amidine groups is 1. The van der Waals surface area contributed by atoms with Gasteiger partial charge in [0.15, 0.2) is 11.7 Å². The fraction of sp³-hybridized carbons (Fsp3) is 0.429. The quantitative estimate of drug-likeness (QED) is 0.559. The van der Waals surface area contributed by atoms with E-state index in [-0.39, 0.29) is 0 Å². The van der Waals surface area contributed by atoms with Gasteiger partial charge in [-0.1, -0.05) is 0 Å². The predicted octanol–water partition coefficient (Wildman–Crippen LogP) is -0.137. The lowest BCUT2D eigenvalue weighted by atomic mass is 10.4. The van der Waals surface area contributed by atoms with E-state index in [4.69, 9.17) is 0 Å². The zero-order chi connectivity index (χ0) is 7.68. The second-order valence-corrected chi connectivity index (χ2v) is 2.44. The van der Waals surface area contributed by atoms with Gasteiger partial charge in [0.05, 0.1) is 0 Å². The van der Waals surface area contributed by atoms with Gasteiger partial charge in [-0.2, -0.15) is 0 Å². The molecule has 11 heavy (non-hydrogen) atoms. The molecule has 0 saturated carbocycles. The van der Waals surface area contributed by atoms with Crippen LogP contribution in [0.15, 0.2) is 17.4 Å². The number of fused-ring (bicyclic) bond motifs is 1. The maximum absolute atomic E-state index is 4.18. The second kappa shape index (κ2) is 2.38. The van der Waals surface area contributed by atoms with E-state index < -0.39 is 0 Å². The summed E-state index contributed by atoms with van der Waals surface area (Å²) >= 11 is 0. The monoisotopic (exact) mass is 150 g/mol. The summed E-state index contributed by atoms with van der Waals surface area (Å²) in [4.78, 5) is 8.26. The van der Waals surface area contributed by atoms with E-state index in [1.54, 1.807) is 13.2 Å². The first-order valence-electron chi connectivity index (χ1n) is 3.64. The molecule has 0 aliphatic carbocycles. The Labute approximate surface area is 65.0 Å². The molecule has 1 aliphatic rings. The number of aromatic nitrogens is 2. The van der Waals surface area contributed by atoms with Gasteiger partial charge < -0.3 is 9.88 Å². The summed E-state index contributed by atoms with van der Waals surface area (Å²) in [5, 5.41) is 3.18. The van der Waals surface area contributed by atoms with Crippen molar-refractivity contribution in [3.8, 4) is 0 Å². The van der Waals surface area contributed by atoms with Gasteiger partial charge in [0.2, 0.25) is 0 Å². The van der Waals surface area contributed by atoms with Gasteiger partial charge in [-0.05, 0) is 0 Å². The van der Waals surface area contributed by atoms with Crippen LogP contribution in [0.5, 0.6) is 0 Å². The Hall–Kier alpha value is -1.32. The van der Waals surface area contributed by atoms with E-state index >= 15 is 0 Å². The third-order valence-electron chi connectivity index (χ3n) is 1.80. The van der Waals surface area contributed by atoms with Crippen molar-refractivity contribution < 1.29 is 0 Å². The highest BCUT2D eigenvalue weighted by Gasteiger charge is 2.13. The molecular formula is C7H10N4. The zero-order valence-corrected chi connectivity index (χ0v) is 6.41. The van der Waals surface area contributed by atoms with Crippen molar-refractivity contribution in [1.82, 2.24) is 14.9 Å². The van der Waals surface area contributed by atoms with Crippen LogP contribution in [0.3, 0.4) is 0 Å². The number of nitrogens with zero attached hydrogens (tertiary/aromatic N) is 3. The smallest absolute Gasteiger partial charge is 0.175 e. The SMILES string of the molecule is CN=C1NCCn2ccnc21. The Morgan fingerprint density at radius 1 is 1.73 bits per heavy atom. The maximum Gasteiger partial charge on any atom is 0.175 e. The highest BCUT2D eigenvalue weighted by atomic mass is 15.2. The summed E-state index contributed by atoms with van der Waals surface area (Å²) in [6.45, 7) is 1.92. The van der Waals surface area contributed by atoms with E-state index in [2.05, 4.69) is 19.9 Å². The molecule has 0 saturated heterocycles. The van der Waals surface area contributed by atoms with Crippen LogP contribution in [0.1, 0.15) is 5.82 Å². The van der Waals surface area contributed by atoms with Gasteiger partial charge in [-0.15, -0.1) is 0 Å². The van der Waals surface area contributed by atoms with E-state index in [1.807, 2.05) is 6.20 Å². The van der Waals surface area contributed by atoms with Gasteiger partial charge >= 0.3 is 0 Å². The molecule has 0 radical (unpaired) electrons. The third kappa shape index (κ3) is 0.906. The molecule has 0 spiro atoms. The van der Waals surface area contributed by atoms with Crippen molar-refractivity contribution in [3.63, 3.8) is 0 Å². The summed E-state index contributed by atoms with van der Waals surface area (Å²) in [5.74, 6) is 1.83. The minimum absolute atomic E-state index is 0.890. The Morgan fingerprint density at radius 2 is 2.64 bits per heavy atom. The minimum Gasteiger partial charge on any atom is -0.365 e. The average molecular weight is 150 g/mol. The maximum atomic E-state index is 4.18. The van der Waals surface area contributed by atoms with Gasteiger partial charge in [0.25, 0.3) is 0 Å². The molecule has 1 N–H and O–H groups in total. The van der Waals surface area contributed by atoms with Gasteiger partial charge in [0, 0.05) is 32.5 Å². The number of hydrogen-bond acceptors (Lipinski definition) is 2. The molecular weight excluding hydrogens is 140 g/mol. The van der Waals surface area contributed by atoms with Crippen molar-refractivity contribution in [2.75, 3.05) is 13.6 Å². The Morgan fingerprint density at radius 3 is 3.45 bits per heavy atom. The second-order valence-electron chi connectivity index (χ2n) is 2.44. The van der Waals surface area contributed by atoms with Gasteiger partial charge in [-0.3, -0.25) is 4.99 Å². The van der Waals surface area contributed by atoms with Crippen LogP contribution in [0.4, 0.5) is 0 Å². The molecule has 0 fully saturated rings. The molecule has 0 bridgehead atoms. The number of hydrogen-bond donors (Lipinski definition) is 1. The average Bonchev–Trinajstić information content (AvgIpc) is 2.50. The largest absolute Gasteiger partial charge is 0.365 e. The number of aliphatic imine (C=N–C) groups is 1. The summed E-state index contributed by atoms with van der Waals surface area (Å²) in [7, 11) is 1.77. The number of rotatable bonds is 0. The number of imidazole rings is 1. The van der Waals surface area contributed by atoms with Crippen LogP contribution >= 0.6 is 0 Å². The van der Waals surface area contributed by atoms with E-state index in [0.29, 0.717) is 0 Å². The van der Waals surface area contributed by atoms with Crippen LogP contribution in [0.2, 0.25) is 0 Å². The lowest BCUT2D eigenvalue weighted by Crippen LogP contribution is -2.36. The standard InChI is InChI=1S/C7H10N4/c1-8-6-7-10-3-5-11(7)4-2-9-6/h3,5H,2,4H2,1H3,(H,8,9). The topological polar surface area (TPSA) is 42.2 Å². The predicted molar refractivity (Wildman–Crippen MR) is 42.7 cm³/mol. The van der Waals surface area contributed by atoms with Gasteiger partial charge in [-0.25, -0.2) is 4.98 Å². The normalized spacial score (nSPS) is 19.5. The molecule has 2 rings (SSSR count). The summed E-state index contributed by atoms with van der Waals surface area (Å²) in [6.07, 6.45) is 3.77. The molecule has 2 heterocycles. The van der Waals surface area contributed by atoms with Crippen LogP contribution in [0.25, 0.3) is 0 Å². The fourth-order valence-corrected chi connectivity index (χ4v) is 1.26. The third-order valence-corrected chi connectivity index (χ3v) is 1.80. The molecule has 4 nitrogen and oxygen atoms in total. The minimum atomic E-state index is 0.890. The first kappa shape index (κ1) is 6.39. The lowest BCUT2D eigenvalue weighted by Gasteiger charge is -2.16. The molecule has 1 aromatic heterocycles. The van der Waals surface area contributed by atoms with E-state index in [9.17, 15) is 0 Å². The number of nitrogens with one attached hydrogen (secondary N) is 1. The Balaban J connectivity index is 2.48. The molecule has 1 aliphatic heterocycles. The Bertz CT molecular complexity index is 286. The van der Waals surface area contributed by atoms with Crippen LogP contribution in [-0.2, 0) is 6.54 Å². The van der Waals surface area contributed by atoms with Crippen molar-refractivity contribution in [3.05, 3.63) is 18.2 Å². The summed E-state index contributed by atoms with van der Waals surface area (Å²) < 4.78 is 2.10. The highest BCUT2D eigenvalue weighted by molar-refractivity contribution is 5.96. The van der Waals surface area contributed by atoms with Crippen molar-refractivity contribution in [2.45, 2.75) is 6.54 Å².